The van der Waals surface area contributed by atoms with Crippen molar-refractivity contribution in [3.05, 3.63) is 35.4 Å². The van der Waals surface area contributed by atoms with Crippen LogP contribution in [0.1, 0.15) is 37.3 Å². The molecule has 1 heterocycles. The molecule has 0 bridgehead atoms. The molecule has 1 aliphatic rings. The van der Waals surface area contributed by atoms with Crippen molar-refractivity contribution in [3.8, 4) is 0 Å². The Bertz CT molecular complexity index is 324. The van der Waals surface area contributed by atoms with Gasteiger partial charge in [0, 0.05) is 5.54 Å². The number of hydrogen-bond acceptors (Lipinski definition) is 1. The first-order valence-electron chi connectivity index (χ1n) is 5.99. The highest BCUT2D eigenvalue weighted by molar-refractivity contribution is 5.24. The summed E-state index contributed by atoms with van der Waals surface area (Å²) >= 11 is 0. The molecule has 0 spiro atoms. The summed E-state index contributed by atoms with van der Waals surface area (Å²) in [5.74, 6) is 0. The molecule has 1 aromatic rings. The van der Waals surface area contributed by atoms with E-state index in [0.717, 1.165) is 6.42 Å². The van der Waals surface area contributed by atoms with Crippen LogP contribution in [-0.2, 0) is 6.42 Å². The number of benzene rings is 1. The molecule has 1 atom stereocenters. The van der Waals surface area contributed by atoms with Crippen molar-refractivity contribution in [2.75, 3.05) is 6.54 Å². The van der Waals surface area contributed by atoms with Crippen LogP contribution in [0.15, 0.2) is 24.3 Å². The van der Waals surface area contributed by atoms with Gasteiger partial charge < -0.3 is 5.32 Å². The minimum absolute atomic E-state index is 0.325. The summed E-state index contributed by atoms with van der Waals surface area (Å²) in [6.45, 7) is 5.71. The molecule has 0 aliphatic carbocycles. The van der Waals surface area contributed by atoms with Crippen molar-refractivity contribution in [1.29, 1.82) is 0 Å². The molecular formula is C14H21N. The van der Waals surface area contributed by atoms with Crippen molar-refractivity contribution < 1.29 is 0 Å². The van der Waals surface area contributed by atoms with Gasteiger partial charge in [-0.15, -0.1) is 0 Å². The predicted octanol–water partition coefficient (Wildman–Crippen LogP) is 3.07. The third-order valence-electron chi connectivity index (χ3n) is 3.38. The molecule has 0 saturated carbocycles. The molecule has 1 fully saturated rings. The average Bonchev–Trinajstić information content (AvgIpc) is 2.18. The third kappa shape index (κ3) is 2.82. The summed E-state index contributed by atoms with van der Waals surface area (Å²) in [7, 11) is 0. The first-order chi connectivity index (χ1) is 7.18. The maximum absolute atomic E-state index is 3.66. The zero-order valence-electron chi connectivity index (χ0n) is 9.84. The van der Waals surface area contributed by atoms with E-state index in [2.05, 4.69) is 43.4 Å². The van der Waals surface area contributed by atoms with Crippen LogP contribution >= 0.6 is 0 Å². The summed E-state index contributed by atoms with van der Waals surface area (Å²) in [4.78, 5) is 0. The molecule has 82 valence electrons. The molecule has 15 heavy (non-hydrogen) atoms. The average molecular weight is 203 g/mol. The van der Waals surface area contributed by atoms with Crippen LogP contribution in [0.2, 0.25) is 0 Å². The van der Waals surface area contributed by atoms with Crippen LogP contribution in [0.5, 0.6) is 0 Å². The molecule has 1 N–H and O–H groups in total. The van der Waals surface area contributed by atoms with E-state index in [0.29, 0.717) is 5.54 Å². The van der Waals surface area contributed by atoms with Gasteiger partial charge in [-0.2, -0.15) is 0 Å². The Balaban J connectivity index is 2.06. The fourth-order valence-corrected chi connectivity index (χ4v) is 2.54. The summed E-state index contributed by atoms with van der Waals surface area (Å²) in [5, 5.41) is 3.66. The molecule has 0 aromatic heterocycles. The highest BCUT2D eigenvalue weighted by Crippen LogP contribution is 2.23. The molecular weight excluding hydrogens is 182 g/mol. The van der Waals surface area contributed by atoms with E-state index < -0.39 is 0 Å². The van der Waals surface area contributed by atoms with Crippen molar-refractivity contribution in [1.82, 2.24) is 5.32 Å². The van der Waals surface area contributed by atoms with Crippen LogP contribution in [0.25, 0.3) is 0 Å². The quantitative estimate of drug-likeness (QED) is 0.779. The smallest absolute Gasteiger partial charge is 0.0193 e. The topological polar surface area (TPSA) is 12.0 Å². The van der Waals surface area contributed by atoms with E-state index >= 15 is 0 Å². The van der Waals surface area contributed by atoms with Gasteiger partial charge >= 0.3 is 0 Å². The highest BCUT2D eigenvalue weighted by Gasteiger charge is 2.26. The van der Waals surface area contributed by atoms with E-state index in [1.807, 2.05) is 0 Å². The summed E-state index contributed by atoms with van der Waals surface area (Å²) in [6, 6.07) is 8.88. The standard InChI is InChI=1S/C14H21N/c1-12-6-5-7-13(10-12)11-14(2)8-3-4-9-15-14/h5-7,10,15H,3-4,8-9,11H2,1-2H3. The number of rotatable bonds is 2. The fraction of sp³-hybridized carbons (Fsp3) is 0.571. The number of nitrogens with one attached hydrogen (secondary N) is 1. The Morgan fingerprint density at radius 1 is 1.33 bits per heavy atom. The predicted molar refractivity (Wildman–Crippen MR) is 65.1 cm³/mol. The Kier molecular flexibility index (Phi) is 3.11. The molecule has 1 aromatic carbocycles. The van der Waals surface area contributed by atoms with Crippen LogP contribution < -0.4 is 5.32 Å². The van der Waals surface area contributed by atoms with Gasteiger partial charge in [0.1, 0.15) is 0 Å². The third-order valence-corrected chi connectivity index (χ3v) is 3.38. The van der Waals surface area contributed by atoms with Crippen LogP contribution in [0.4, 0.5) is 0 Å². The van der Waals surface area contributed by atoms with Crippen LogP contribution in [0, 0.1) is 6.92 Å². The van der Waals surface area contributed by atoms with E-state index in [1.165, 1.54) is 36.9 Å². The Labute approximate surface area is 92.9 Å². The summed E-state index contributed by atoms with van der Waals surface area (Å²) in [5.41, 5.74) is 3.16. The first kappa shape index (κ1) is 10.7. The van der Waals surface area contributed by atoms with Gasteiger partial charge in [0.25, 0.3) is 0 Å². The lowest BCUT2D eigenvalue weighted by Crippen LogP contribution is -2.47. The Morgan fingerprint density at radius 2 is 2.20 bits per heavy atom. The molecule has 1 aliphatic heterocycles. The summed E-state index contributed by atoms with van der Waals surface area (Å²) in [6.07, 6.45) is 5.17. The normalized spacial score (nSPS) is 26.5. The molecule has 1 unspecified atom stereocenters. The van der Waals surface area contributed by atoms with E-state index in [-0.39, 0.29) is 0 Å². The minimum Gasteiger partial charge on any atom is -0.311 e. The second-order valence-electron chi connectivity index (χ2n) is 5.11. The van der Waals surface area contributed by atoms with Gasteiger partial charge in [-0.05, 0) is 45.2 Å². The lowest BCUT2D eigenvalue weighted by atomic mass is 9.85. The maximum Gasteiger partial charge on any atom is 0.0193 e. The Morgan fingerprint density at radius 3 is 2.87 bits per heavy atom. The lowest BCUT2D eigenvalue weighted by Gasteiger charge is -2.35. The second-order valence-corrected chi connectivity index (χ2v) is 5.11. The van der Waals surface area contributed by atoms with Gasteiger partial charge in [0.05, 0.1) is 0 Å². The van der Waals surface area contributed by atoms with Gasteiger partial charge in [0.2, 0.25) is 0 Å². The number of piperidine rings is 1. The van der Waals surface area contributed by atoms with Gasteiger partial charge in [-0.25, -0.2) is 0 Å². The van der Waals surface area contributed by atoms with Gasteiger partial charge in [0.15, 0.2) is 0 Å². The first-order valence-corrected chi connectivity index (χ1v) is 5.99. The van der Waals surface area contributed by atoms with Crippen molar-refractivity contribution >= 4 is 0 Å². The monoisotopic (exact) mass is 203 g/mol. The van der Waals surface area contributed by atoms with E-state index in [9.17, 15) is 0 Å². The van der Waals surface area contributed by atoms with E-state index in [4.69, 9.17) is 0 Å². The van der Waals surface area contributed by atoms with Crippen LogP contribution in [-0.4, -0.2) is 12.1 Å². The lowest BCUT2D eigenvalue weighted by molar-refractivity contribution is 0.276. The molecule has 0 radical (unpaired) electrons. The number of hydrogen-bond donors (Lipinski definition) is 1. The minimum atomic E-state index is 0.325. The highest BCUT2D eigenvalue weighted by atomic mass is 15.0. The van der Waals surface area contributed by atoms with Gasteiger partial charge in [-0.3, -0.25) is 0 Å². The number of aryl methyl sites for hydroxylation is 1. The van der Waals surface area contributed by atoms with Gasteiger partial charge in [-0.1, -0.05) is 36.2 Å². The molecule has 2 rings (SSSR count). The maximum atomic E-state index is 3.66. The Hall–Kier alpha value is -0.820. The molecule has 1 saturated heterocycles. The van der Waals surface area contributed by atoms with E-state index in [1.54, 1.807) is 0 Å². The summed E-state index contributed by atoms with van der Waals surface area (Å²) < 4.78 is 0. The van der Waals surface area contributed by atoms with Crippen molar-refractivity contribution in [2.45, 2.75) is 45.1 Å². The second kappa shape index (κ2) is 4.36. The molecule has 1 nitrogen and oxygen atoms in total. The molecule has 0 amide bonds. The SMILES string of the molecule is Cc1cccc(CC2(C)CCCCN2)c1. The largest absolute Gasteiger partial charge is 0.311 e. The zero-order valence-corrected chi connectivity index (χ0v) is 9.84. The zero-order chi connectivity index (χ0) is 10.7. The molecule has 1 heteroatoms. The van der Waals surface area contributed by atoms with Crippen molar-refractivity contribution in [3.63, 3.8) is 0 Å². The fourth-order valence-electron chi connectivity index (χ4n) is 2.54. The van der Waals surface area contributed by atoms with Crippen molar-refractivity contribution in [2.24, 2.45) is 0 Å². The van der Waals surface area contributed by atoms with Crippen LogP contribution in [0.3, 0.4) is 0 Å².